The van der Waals surface area contributed by atoms with Crippen molar-refractivity contribution in [3.05, 3.63) is 70.2 Å². The van der Waals surface area contributed by atoms with Gasteiger partial charge >= 0.3 is 0 Å². The fourth-order valence-electron chi connectivity index (χ4n) is 2.08. The van der Waals surface area contributed by atoms with Crippen LogP contribution in [-0.4, -0.2) is 30.3 Å². The summed E-state index contributed by atoms with van der Waals surface area (Å²) in [6, 6.07) is 15.7. The first-order valence-corrected chi connectivity index (χ1v) is 7.65. The third kappa shape index (κ3) is 4.58. The lowest BCUT2D eigenvalue weighted by atomic mass is 10.1. The Hall–Kier alpha value is -2.84. The Morgan fingerprint density at radius 1 is 1.17 bits per heavy atom. The molecule has 0 atom stereocenters. The predicted molar refractivity (Wildman–Crippen MR) is 91.4 cm³/mol. The van der Waals surface area contributed by atoms with Gasteiger partial charge in [-0.05, 0) is 29.8 Å². The van der Waals surface area contributed by atoms with Crippen LogP contribution in [0, 0.1) is 11.3 Å². The highest BCUT2D eigenvalue weighted by Gasteiger charge is 2.13. The normalized spacial score (nSPS) is 9.88. The van der Waals surface area contributed by atoms with Crippen LogP contribution in [0.25, 0.3) is 0 Å². The van der Waals surface area contributed by atoms with Crippen LogP contribution in [-0.2, 0) is 11.3 Å². The van der Waals surface area contributed by atoms with Crippen LogP contribution >= 0.6 is 11.6 Å². The quantitative estimate of drug-likeness (QED) is 0.908. The van der Waals surface area contributed by atoms with Crippen molar-refractivity contribution < 1.29 is 9.59 Å². The first-order chi connectivity index (χ1) is 11.5. The number of hydrogen-bond donors (Lipinski definition) is 1. The zero-order valence-electron chi connectivity index (χ0n) is 13.1. The minimum atomic E-state index is -0.388. The summed E-state index contributed by atoms with van der Waals surface area (Å²) in [5.74, 6) is -0.611. The molecule has 0 unspecified atom stereocenters. The molecule has 2 rings (SSSR count). The van der Waals surface area contributed by atoms with E-state index >= 15 is 0 Å². The fraction of sp³-hybridized carbons (Fsp3) is 0.167. The first-order valence-electron chi connectivity index (χ1n) is 7.27. The van der Waals surface area contributed by atoms with Gasteiger partial charge in [-0.25, -0.2) is 0 Å². The molecule has 0 bridgehead atoms. The Kier molecular flexibility index (Phi) is 5.94. The second-order valence-electron chi connectivity index (χ2n) is 5.22. The summed E-state index contributed by atoms with van der Waals surface area (Å²) in [6.45, 7) is 0.281. The first kappa shape index (κ1) is 17.5. The zero-order valence-corrected chi connectivity index (χ0v) is 13.9. The van der Waals surface area contributed by atoms with Gasteiger partial charge in [-0.2, -0.15) is 5.26 Å². The number of nitrogens with zero attached hydrogens (tertiary/aromatic N) is 2. The maximum atomic E-state index is 12.1. The van der Waals surface area contributed by atoms with Gasteiger partial charge in [0.1, 0.15) is 0 Å². The van der Waals surface area contributed by atoms with Crippen molar-refractivity contribution in [2.75, 3.05) is 13.6 Å². The van der Waals surface area contributed by atoms with Gasteiger partial charge in [-0.15, -0.1) is 0 Å². The zero-order chi connectivity index (χ0) is 17.5. The van der Waals surface area contributed by atoms with Crippen molar-refractivity contribution in [1.82, 2.24) is 10.2 Å². The van der Waals surface area contributed by atoms with Crippen LogP contribution < -0.4 is 5.32 Å². The van der Waals surface area contributed by atoms with Crippen LogP contribution in [0.4, 0.5) is 0 Å². The Bertz CT molecular complexity index is 782. The third-order valence-corrected chi connectivity index (χ3v) is 3.78. The lowest BCUT2D eigenvalue weighted by Crippen LogP contribution is -2.37. The van der Waals surface area contributed by atoms with Crippen molar-refractivity contribution in [3.8, 4) is 6.07 Å². The highest BCUT2D eigenvalue weighted by Crippen LogP contribution is 2.14. The van der Waals surface area contributed by atoms with Crippen LogP contribution in [0.1, 0.15) is 21.5 Å². The molecule has 5 nitrogen and oxygen atoms in total. The van der Waals surface area contributed by atoms with Crippen molar-refractivity contribution >= 4 is 23.4 Å². The molecule has 2 aromatic rings. The molecular weight excluding hydrogens is 326 g/mol. The number of rotatable bonds is 5. The van der Waals surface area contributed by atoms with E-state index < -0.39 is 0 Å². The highest BCUT2D eigenvalue weighted by molar-refractivity contribution is 6.33. The van der Waals surface area contributed by atoms with Gasteiger partial charge in [0.05, 0.1) is 28.8 Å². The van der Waals surface area contributed by atoms with E-state index in [0.717, 1.165) is 5.56 Å². The highest BCUT2D eigenvalue weighted by atomic mass is 35.5. The molecular formula is C18H16ClN3O2. The molecule has 24 heavy (non-hydrogen) atoms. The number of carbonyl (C=O) groups is 2. The number of amides is 2. The molecule has 0 saturated heterocycles. The lowest BCUT2D eigenvalue weighted by Gasteiger charge is -2.17. The van der Waals surface area contributed by atoms with Gasteiger partial charge in [-0.1, -0.05) is 35.9 Å². The summed E-state index contributed by atoms with van der Waals surface area (Å²) in [5.41, 5.74) is 1.81. The Labute approximate surface area is 145 Å². The molecule has 6 heteroatoms. The molecule has 2 aromatic carbocycles. The third-order valence-electron chi connectivity index (χ3n) is 3.45. The largest absolute Gasteiger partial charge is 0.343 e. The lowest BCUT2D eigenvalue weighted by molar-refractivity contribution is -0.129. The maximum absolute atomic E-state index is 12.1. The summed E-state index contributed by atoms with van der Waals surface area (Å²) in [5, 5.41) is 11.7. The number of halogens is 1. The summed E-state index contributed by atoms with van der Waals surface area (Å²) in [4.78, 5) is 25.6. The van der Waals surface area contributed by atoms with E-state index in [0.29, 0.717) is 22.7 Å². The van der Waals surface area contributed by atoms with Crippen LogP contribution in [0.15, 0.2) is 48.5 Å². The number of benzene rings is 2. The second kappa shape index (κ2) is 8.14. The Morgan fingerprint density at radius 2 is 1.83 bits per heavy atom. The molecule has 0 aliphatic carbocycles. The van der Waals surface area contributed by atoms with E-state index in [9.17, 15) is 9.59 Å². The smallest absolute Gasteiger partial charge is 0.253 e. The number of nitrogens with one attached hydrogen (secondary N) is 1. The summed E-state index contributed by atoms with van der Waals surface area (Å²) < 4.78 is 0. The van der Waals surface area contributed by atoms with Crippen molar-refractivity contribution in [2.45, 2.75) is 6.54 Å². The predicted octanol–water partition coefficient (Wildman–Crippen LogP) is 2.60. The fourth-order valence-corrected chi connectivity index (χ4v) is 2.30. The van der Waals surface area contributed by atoms with E-state index in [1.807, 2.05) is 6.07 Å². The molecule has 0 aromatic heterocycles. The van der Waals surface area contributed by atoms with Crippen LogP contribution in [0.3, 0.4) is 0 Å². The van der Waals surface area contributed by atoms with Gasteiger partial charge in [0, 0.05) is 13.6 Å². The molecule has 0 aliphatic rings. The molecule has 0 spiro atoms. The van der Waals surface area contributed by atoms with E-state index in [4.69, 9.17) is 16.9 Å². The van der Waals surface area contributed by atoms with Gasteiger partial charge in [-0.3, -0.25) is 9.59 Å². The molecule has 122 valence electrons. The molecule has 0 radical (unpaired) electrons. The van der Waals surface area contributed by atoms with E-state index in [1.54, 1.807) is 55.6 Å². The number of hydrogen-bond acceptors (Lipinski definition) is 3. The SMILES string of the molecule is CN(Cc1ccc(C#N)cc1)C(=O)CNC(=O)c1ccccc1Cl. The van der Waals surface area contributed by atoms with Crippen LogP contribution in [0.5, 0.6) is 0 Å². The van der Waals surface area contributed by atoms with Gasteiger partial charge < -0.3 is 10.2 Å². The minimum Gasteiger partial charge on any atom is -0.343 e. The average Bonchev–Trinajstić information content (AvgIpc) is 2.60. The van der Waals surface area contributed by atoms with E-state index in [2.05, 4.69) is 5.32 Å². The Morgan fingerprint density at radius 3 is 2.46 bits per heavy atom. The Balaban J connectivity index is 1.88. The molecule has 0 fully saturated rings. The van der Waals surface area contributed by atoms with Gasteiger partial charge in [0.25, 0.3) is 5.91 Å². The van der Waals surface area contributed by atoms with Gasteiger partial charge in [0.2, 0.25) is 5.91 Å². The molecule has 0 saturated carbocycles. The molecule has 0 aliphatic heterocycles. The minimum absolute atomic E-state index is 0.114. The number of likely N-dealkylation sites (N-methyl/N-ethyl adjacent to an activating group) is 1. The van der Waals surface area contributed by atoms with Gasteiger partial charge in [0.15, 0.2) is 0 Å². The number of nitriles is 1. The van der Waals surface area contributed by atoms with Crippen molar-refractivity contribution in [1.29, 1.82) is 5.26 Å². The van der Waals surface area contributed by atoms with Crippen molar-refractivity contribution in [3.63, 3.8) is 0 Å². The molecule has 1 N–H and O–H groups in total. The maximum Gasteiger partial charge on any atom is 0.253 e. The molecule has 0 heterocycles. The standard InChI is InChI=1S/C18H16ClN3O2/c1-22(12-14-8-6-13(10-20)7-9-14)17(23)11-21-18(24)15-4-2-3-5-16(15)19/h2-9H,11-12H2,1H3,(H,21,24). The van der Waals surface area contributed by atoms with Crippen molar-refractivity contribution in [2.24, 2.45) is 0 Å². The van der Waals surface area contributed by atoms with E-state index in [1.165, 1.54) is 4.90 Å². The number of carbonyl (C=O) groups excluding carboxylic acids is 2. The molecule has 2 amide bonds. The summed E-state index contributed by atoms with van der Waals surface area (Å²) in [6.07, 6.45) is 0. The van der Waals surface area contributed by atoms with Crippen LogP contribution in [0.2, 0.25) is 5.02 Å². The summed E-state index contributed by atoms with van der Waals surface area (Å²) >= 11 is 5.95. The topological polar surface area (TPSA) is 73.2 Å². The summed E-state index contributed by atoms with van der Waals surface area (Å²) in [7, 11) is 1.65. The second-order valence-corrected chi connectivity index (χ2v) is 5.63. The monoisotopic (exact) mass is 341 g/mol. The van der Waals surface area contributed by atoms with E-state index in [-0.39, 0.29) is 18.4 Å². The average molecular weight is 342 g/mol.